The van der Waals surface area contributed by atoms with Crippen LogP contribution in [-0.4, -0.2) is 74.2 Å². The zero-order chi connectivity index (χ0) is 18.5. The molecule has 0 bridgehead atoms. The molecule has 1 radical (unpaired) electrons. The van der Waals surface area contributed by atoms with E-state index in [-0.39, 0.29) is 41.4 Å². The molecule has 27 heavy (non-hydrogen) atoms. The second-order valence-electron chi connectivity index (χ2n) is 5.84. The maximum Gasteiger partial charge on any atom is 0.276 e. The number of benzene rings is 1. The molecule has 3 aromatic rings. The van der Waals surface area contributed by atoms with Crippen molar-refractivity contribution in [3.8, 4) is 11.3 Å². The first-order valence-electron chi connectivity index (χ1n) is 8.49. The van der Waals surface area contributed by atoms with Crippen molar-refractivity contribution in [1.29, 1.82) is 0 Å². The second kappa shape index (κ2) is 9.59. The molecule has 1 amide bonds. The monoisotopic (exact) mass is 374 g/mol. The molecule has 1 aromatic carbocycles. The molecule has 0 saturated heterocycles. The molecule has 8 nitrogen and oxygen atoms in total. The van der Waals surface area contributed by atoms with Gasteiger partial charge in [0.15, 0.2) is 0 Å². The van der Waals surface area contributed by atoms with Crippen LogP contribution >= 0.6 is 0 Å². The van der Waals surface area contributed by atoms with Crippen LogP contribution in [0.15, 0.2) is 36.4 Å². The van der Waals surface area contributed by atoms with E-state index in [1.54, 1.807) is 6.07 Å². The van der Waals surface area contributed by atoms with E-state index in [1.165, 1.54) is 5.69 Å². The van der Waals surface area contributed by atoms with Crippen molar-refractivity contribution in [3.63, 3.8) is 0 Å². The molecule has 0 unspecified atom stereocenters. The zero-order valence-corrected chi connectivity index (χ0v) is 18.0. The van der Waals surface area contributed by atoms with Crippen molar-refractivity contribution in [1.82, 2.24) is 25.6 Å². The minimum Gasteiger partial charge on any atom is -0.372 e. The topological polar surface area (TPSA) is 99.7 Å². The number of aromatic amines is 1. The number of carbonyl (C=O) groups is 1. The number of rotatable bonds is 6. The van der Waals surface area contributed by atoms with E-state index in [2.05, 4.69) is 61.8 Å². The van der Waals surface area contributed by atoms with E-state index in [9.17, 15) is 4.79 Å². The van der Waals surface area contributed by atoms with Crippen LogP contribution in [0, 0.1) is 6.92 Å². The van der Waals surface area contributed by atoms with Crippen molar-refractivity contribution >= 4 is 47.1 Å². The maximum absolute atomic E-state index is 12.4. The van der Waals surface area contributed by atoms with Crippen molar-refractivity contribution in [2.45, 2.75) is 20.8 Å². The summed E-state index contributed by atoms with van der Waals surface area (Å²) in [4.78, 5) is 19.1. The minimum absolute atomic E-state index is 0. The molecule has 135 valence electrons. The van der Waals surface area contributed by atoms with Crippen LogP contribution in [0.25, 0.3) is 11.3 Å². The molecule has 2 heterocycles. The van der Waals surface area contributed by atoms with Crippen LogP contribution in [0.3, 0.4) is 0 Å². The Morgan fingerprint density at radius 2 is 1.85 bits per heavy atom. The molecule has 0 atom stereocenters. The Labute approximate surface area is 180 Å². The molecule has 0 aliphatic heterocycles. The smallest absolute Gasteiger partial charge is 0.276 e. The summed E-state index contributed by atoms with van der Waals surface area (Å²) in [5, 5.41) is 15.6. The Morgan fingerprint density at radius 1 is 1.15 bits per heavy atom. The summed E-state index contributed by atoms with van der Waals surface area (Å²) in [5.41, 5.74) is 4.13. The average molecular weight is 374 g/mol. The Balaban J connectivity index is 0.00000261. The van der Waals surface area contributed by atoms with Gasteiger partial charge in [-0.25, -0.2) is 10.1 Å². The SMILES string of the molecule is CCN(CC)c1ccc(-c2cc(C)cc(C(=O)Nc3nnn[nH]3)n2)cc1.[Na]. The third-order valence-electron chi connectivity index (χ3n) is 4.07. The third-order valence-corrected chi connectivity index (χ3v) is 4.07. The number of H-pyrrole nitrogens is 1. The molecule has 3 rings (SSSR count). The Morgan fingerprint density at radius 3 is 2.44 bits per heavy atom. The van der Waals surface area contributed by atoms with Gasteiger partial charge < -0.3 is 4.90 Å². The summed E-state index contributed by atoms with van der Waals surface area (Å²) in [6.07, 6.45) is 0. The molecular weight excluding hydrogens is 353 g/mol. The molecule has 2 aromatic heterocycles. The number of aromatic nitrogens is 5. The summed E-state index contributed by atoms with van der Waals surface area (Å²) in [6, 6.07) is 11.9. The van der Waals surface area contributed by atoms with Gasteiger partial charge in [-0.1, -0.05) is 17.2 Å². The van der Waals surface area contributed by atoms with Crippen LogP contribution in [0.1, 0.15) is 29.9 Å². The molecule has 0 saturated carbocycles. The van der Waals surface area contributed by atoms with Crippen LogP contribution in [0.4, 0.5) is 11.6 Å². The van der Waals surface area contributed by atoms with Crippen LogP contribution in [0.5, 0.6) is 0 Å². The second-order valence-corrected chi connectivity index (χ2v) is 5.84. The van der Waals surface area contributed by atoms with Crippen molar-refractivity contribution < 1.29 is 4.79 Å². The van der Waals surface area contributed by atoms with Gasteiger partial charge in [0.1, 0.15) is 5.69 Å². The predicted molar refractivity (Wildman–Crippen MR) is 106 cm³/mol. The van der Waals surface area contributed by atoms with Gasteiger partial charge in [0.25, 0.3) is 5.91 Å². The van der Waals surface area contributed by atoms with E-state index in [1.807, 2.05) is 25.1 Å². The number of anilines is 2. The Bertz CT molecular complexity index is 877. The predicted octanol–water partition coefficient (Wildman–Crippen LogP) is 2.29. The first kappa shape index (κ1) is 21.0. The third kappa shape index (κ3) is 5.12. The van der Waals surface area contributed by atoms with Crippen molar-refractivity contribution in [3.05, 3.63) is 47.7 Å². The number of hydrogen-bond donors (Lipinski definition) is 2. The van der Waals surface area contributed by atoms with Crippen LogP contribution in [-0.2, 0) is 0 Å². The van der Waals surface area contributed by atoms with E-state index < -0.39 is 0 Å². The number of hydrogen-bond acceptors (Lipinski definition) is 6. The van der Waals surface area contributed by atoms with E-state index in [0.29, 0.717) is 5.69 Å². The van der Waals surface area contributed by atoms with Crippen molar-refractivity contribution in [2.24, 2.45) is 0 Å². The normalized spacial score (nSPS) is 10.2. The molecule has 0 spiro atoms. The van der Waals surface area contributed by atoms with Gasteiger partial charge >= 0.3 is 0 Å². The molecule has 9 heteroatoms. The van der Waals surface area contributed by atoms with Gasteiger partial charge in [-0.3, -0.25) is 10.1 Å². The van der Waals surface area contributed by atoms with Gasteiger partial charge in [-0.15, -0.1) is 0 Å². The van der Waals surface area contributed by atoms with Gasteiger partial charge in [0.2, 0.25) is 5.95 Å². The van der Waals surface area contributed by atoms with Crippen LogP contribution in [0.2, 0.25) is 0 Å². The average Bonchev–Trinajstić information content (AvgIpc) is 3.16. The van der Waals surface area contributed by atoms with E-state index in [4.69, 9.17) is 0 Å². The molecule has 0 fully saturated rings. The summed E-state index contributed by atoms with van der Waals surface area (Å²) in [7, 11) is 0. The van der Waals surface area contributed by atoms with E-state index >= 15 is 0 Å². The number of tetrazole rings is 1. The maximum atomic E-state index is 12.4. The fraction of sp³-hybridized carbons (Fsp3) is 0.278. The number of nitrogens with zero attached hydrogens (tertiary/aromatic N) is 5. The first-order chi connectivity index (χ1) is 12.6. The molecule has 2 N–H and O–H groups in total. The minimum atomic E-state index is -0.367. The number of pyridine rings is 1. The van der Waals surface area contributed by atoms with Gasteiger partial charge in [0, 0.05) is 53.9 Å². The number of amides is 1. The summed E-state index contributed by atoms with van der Waals surface area (Å²) in [5.74, 6) is -0.184. The van der Waals surface area contributed by atoms with Gasteiger partial charge in [0.05, 0.1) is 5.69 Å². The summed E-state index contributed by atoms with van der Waals surface area (Å²) >= 11 is 0. The Kier molecular flexibility index (Phi) is 7.46. The summed E-state index contributed by atoms with van der Waals surface area (Å²) in [6.45, 7) is 8.11. The van der Waals surface area contributed by atoms with Crippen LogP contribution < -0.4 is 10.2 Å². The zero-order valence-electron chi connectivity index (χ0n) is 16.0. The largest absolute Gasteiger partial charge is 0.372 e. The number of carbonyl (C=O) groups excluding carboxylic acids is 1. The number of aryl methyl sites for hydroxylation is 1. The fourth-order valence-electron chi connectivity index (χ4n) is 2.75. The molecule has 0 aliphatic rings. The van der Waals surface area contributed by atoms with E-state index in [0.717, 1.165) is 29.9 Å². The molecule has 0 aliphatic carbocycles. The van der Waals surface area contributed by atoms with Gasteiger partial charge in [-0.2, -0.15) is 0 Å². The fourth-order valence-corrected chi connectivity index (χ4v) is 2.75. The Hall–Kier alpha value is -2.29. The quantitative estimate of drug-likeness (QED) is 0.642. The first-order valence-corrected chi connectivity index (χ1v) is 8.49. The van der Waals surface area contributed by atoms with Gasteiger partial charge in [-0.05, 0) is 61.0 Å². The number of nitrogens with one attached hydrogen (secondary N) is 2. The summed E-state index contributed by atoms with van der Waals surface area (Å²) < 4.78 is 0. The standard InChI is InChI=1S/C18H21N7O.Na/c1-4-25(5-2)14-8-6-13(7-9-14)15-10-12(3)11-16(19-15)17(26)20-18-21-23-24-22-18;/h6-11H,4-5H2,1-3H3,(H2,20,21,22,23,24,26);. The van der Waals surface area contributed by atoms with Crippen molar-refractivity contribution in [2.75, 3.05) is 23.3 Å². The molecular formula is C18H21N7NaO.